The number of benzene rings is 2. The second-order valence-electron chi connectivity index (χ2n) is 5.78. The van der Waals surface area contributed by atoms with Gasteiger partial charge in [-0.3, -0.25) is 15.1 Å². The summed E-state index contributed by atoms with van der Waals surface area (Å²) in [7, 11) is 0. The van der Waals surface area contributed by atoms with Crippen molar-refractivity contribution in [1.29, 1.82) is 0 Å². The Morgan fingerprint density at radius 2 is 1.92 bits per heavy atom. The number of aromatic hydroxyl groups is 1. The van der Waals surface area contributed by atoms with Crippen LogP contribution in [-0.2, 0) is 0 Å². The van der Waals surface area contributed by atoms with Gasteiger partial charge in [-0.2, -0.15) is 0 Å². The number of nitro benzene ring substituents is 1. The van der Waals surface area contributed by atoms with Crippen LogP contribution in [0.15, 0.2) is 53.5 Å². The van der Waals surface area contributed by atoms with Crippen LogP contribution in [0.5, 0.6) is 5.88 Å². The van der Waals surface area contributed by atoms with Gasteiger partial charge in [-0.05, 0) is 24.6 Å². The lowest BCUT2D eigenvalue weighted by Crippen LogP contribution is -2.05. The van der Waals surface area contributed by atoms with Crippen LogP contribution in [0.3, 0.4) is 0 Å². The lowest BCUT2D eigenvalue weighted by Gasteiger charge is -2.07. The molecule has 0 saturated carbocycles. The Hall–Kier alpha value is -3.15. The van der Waals surface area contributed by atoms with E-state index in [1.807, 2.05) is 24.3 Å². The van der Waals surface area contributed by atoms with Gasteiger partial charge in [-0.1, -0.05) is 31.5 Å². The third kappa shape index (κ3) is 3.38. The molecule has 3 rings (SSSR count). The number of hydrogen-bond donors (Lipinski definition) is 2. The molecule has 0 aliphatic rings. The minimum atomic E-state index is -0.430. The topological polar surface area (TPSA) is 91.5 Å². The monoisotopic (exact) mass is 337 g/mol. The molecule has 0 fully saturated rings. The molecule has 1 aromatic heterocycles. The third-order valence-corrected chi connectivity index (χ3v) is 4.06. The Morgan fingerprint density at radius 3 is 2.60 bits per heavy atom. The number of H-pyrrole nitrogens is 1. The molecule has 0 atom stereocenters. The van der Waals surface area contributed by atoms with Crippen LogP contribution < -0.4 is 0 Å². The van der Waals surface area contributed by atoms with Gasteiger partial charge in [0.25, 0.3) is 5.69 Å². The SMILES string of the molecule is CCCCN=C(c1ccc([N+](=O)[O-])cc1)c1c(O)[nH]c2ccccc12. The lowest BCUT2D eigenvalue weighted by molar-refractivity contribution is -0.384. The van der Waals surface area contributed by atoms with Gasteiger partial charge in [-0.25, -0.2) is 0 Å². The summed E-state index contributed by atoms with van der Waals surface area (Å²) < 4.78 is 0. The minimum absolute atomic E-state index is 0.0276. The first-order chi connectivity index (χ1) is 12.1. The van der Waals surface area contributed by atoms with Crippen molar-refractivity contribution in [3.63, 3.8) is 0 Å². The van der Waals surface area contributed by atoms with Gasteiger partial charge >= 0.3 is 0 Å². The normalized spacial score (nSPS) is 11.8. The number of hydrogen-bond acceptors (Lipinski definition) is 4. The van der Waals surface area contributed by atoms with E-state index >= 15 is 0 Å². The predicted molar refractivity (Wildman–Crippen MR) is 98.5 cm³/mol. The fraction of sp³-hybridized carbons (Fsp3) is 0.211. The lowest BCUT2D eigenvalue weighted by atomic mass is 10.0. The van der Waals surface area contributed by atoms with Crippen LogP contribution in [0.4, 0.5) is 5.69 Å². The molecule has 6 heteroatoms. The summed E-state index contributed by atoms with van der Waals surface area (Å²) in [6.45, 7) is 2.71. The molecule has 0 unspecified atom stereocenters. The number of nitrogens with zero attached hydrogens (tertiary/aromatic N) is 2. The molecule has 2 aromatic carbocycles. The molecule has 0 spiro atoms. The first-order valence-corrected chi connectivity index (χ1v) is 8.21. The third-order valence-electron chi connectivity index (χ3n) is 4.06. The van der Waals surface area contributed by atoms with E-state index in [0.717, 1.165) is 29.3 Å². The van der Waals surface area contributed by atoms with Crippen molar-refractivity contribution in [2.24, 2.45) is 4.99 Å². The van der Waals surface area contributed by atoms with E-state index in [4.69, 9.17) is 0 Å². The van der Waals surface area contributed by atoms with Crippen LogP contribution in [0.2, 0.25) is 0 Å². The van der Waals surface area contributed by atoms with E-state index < -0.39 is 4.92 Å². The van der Waals surface area contributed by atoms with E-state index in [1.54, 1.807) is 12.1 Å². The minimum Gasteiger partial charge on any atom is -0.494 e. The highest BCUT2D eigenvalue weighted by Crippen LogP contribution is 2.30. The molecule has 1 heterocycles. The Morgan fingerprint density at radius 1 is 1.20 bits per heavy atom. The van der Waals surface area contributed by atoms with Crippen LogP contribution >= 0.6 is 0 Å². The number of para-hydroxylation sites is 1. The smallest absolute Gasteiger partial charge is 0.269 e. The van der Waals surface area contributed by atoms with Crippen LogP contribution in [-0.4, -0.2) is 27.3 Å². The quantitative estimate of drug-likeness (QED) is 0.302. The van der Waals surface area contributed by atoms with E-state index in [9.17, 15) is 15.2 Å². The molecule has 0 radical (unpaired) electrons. The van der Waals surface area contributed by atoms with Crippen LogP contribution in [0.1, 0.15) is 30.9 Å². The molecular formula is C19H19N3O3. The molecule has 6 nitrogen and oxygen atoms in total. The van der Waals surface area contributed by atoms with Crippen molar-refractivity contribution in [3.05, 3.63) is 69.8 Å². The van der Waals surface area contributed by atoms with Crippen molar-refractivity contribution in [3.8, 4) is 5.88 Å². The number of aromatic nitrogens is 1. The average molecular weight is 337 g/mol. The van der Waals surface area contributed by atoms with Gasteiger partial charge in [0.1, 0.15) is 0 Å². The zero-order valence-electron chi connectivity index (χ0n) is 13.9. The highest BCUT2D eigenvalue weighted by atomic mass is 16.6. The van der Waals surface area contributed by atoms with Crippen molar-refractivity contribution in [2.45, 2.75) is 19.8 Å². The summed E-state index contributed by atoms with van der Waals surface area (Å²) in [5.41, 5.74) is 2.85. The van der Waals surface area contributed by atoms with Gasteiger partial charge in [-0.15, -0.1) is 0 Å². The fourth-order valence-corrected chi connectivity index (χ4v) is 2.77. The van der Waals surface area contributed by atoms with Crippen molar-refractivity contribution >= 4 is 22.3 Å². The van der Waals surface area contributed by atoms with E-state index in [1.165, 1.54) is 12.1 Å². The van der Waals surface area contributed by atoms with Gasteiger partial charge in [0.15, 0.2) is 5.88 Å². The van der Waals surface area contributed by atoms with Crippen molar-refractivity contribution in [1.82, 2.24) is 4.98 Å². The van der Waals surface area contributed by atoms with Gasteiger partial charge in [0.05, 0.1) is 16.2 Å². The predicted octanol–water partition coefficient (Wildman–Crippen LogP) is 4.42. The number of unbranched alkanes of at least 4 members (excludes halogenated alkanes) is 1. The maximum absolute atomic E-state index is 10.9. The first-order valence-electron chi connectivity index (χ1n) is 8.21. The Bertz CT molecular complexity index is 927. The Labute approximate surface area is 145 Å². The standard InChI is InChI=1S/C19H19N3O3/c1-2-3-12-20-18(13-8-10-14(11-9-13)22(24)25)17-15-6-4-5-7-16(15)21-19(17)23/h4-11,21,23H,2-3,12H2,1H3. The van der Waals surface area contributed by atoms with Crippen molar-refractivity contribution < 1.29 is 10.0 Å². The molecule has 0 aliphatic carbocycles. The second kappa shape index (κ2) is 7.17. The summed E-state index contributed by atoms with van der Waals surface area (Å²) in [4.78, 5) is 18.1. The largest absolute Gasteiger partial charge is 0.494 e. The van der Waals surface area contributed by atoms with Gasteiger partial charge in [0, 0.05) is 35.1 Å². The summed E-state index contributed by atoms with van der Waals surface area (Å²) in [5, 5.41) is 22.2. The summed E-state index contributed by atoms with van der Waals surface area (Å²) in [5.74, 6) is 0.0507. The zero-order valence-corrected chi connectivity index (χ0v) is 13.9. The molecular weight excluding hydrogens is 318 g/mol. The number of nitro groups is 1. The maximum atomic E-state index is 10.9. The molecule has 128 valence electrons. The Kier molecular flexibility index (Phi) is 4.79. The first kappa shape index (κ1) is 16.7. The van der Waals surface area contributed by atoms with E-state index in [0.29, 0.717) is 17.8 Å². The zero-order chi connectivity index (χ0) is 17.8. The van der Waals surface area contributed by atoms with Crippen LogP contribution in [0.25, 0.3) is 10.9 Å². The average Bonchev–Trinajstić information content (AvgIpc) is 2.95. The number of aliphatic imine (C=N–C) groups is 1. The maximum Gasteiger partial charge on any atom is 0.269 e. The molecule has 3 aromatic rings. The second-order valence-corrected chi connectivity index (χ2v) is 5.78. The highest BCUT2D eigenvalue weighted by Gasteiger charge is 2.18. The fourth-order valence-electron chi connectivity index (χ4n) is 2.77. The van der Waals surface area contributed by atoms with Gasteiger partial charge in [0.2, 0.25) is 0 Å². The summed E-state index contributed by atoms with van der Waals surface area (Å²) in [6.07, 6.45) is 1.94. The number of aromatic amines is 1. The van der Waals surface area contributed by atoms with E-state index in [2.05, 4.69) is 16.9 Å². The number of nitrogens with one attached hydrogen (secondary N) is 1. The molecule has 2 N–H and O–H groups in total. The van der Waals surface area contributed by atoms with Crippen LogP contribution in [0, 0.1) is 10.1 Å². The molecule has 0 bridgehead atoms. The molecule has 0 aliphatic heterocycles. The summed E-state index contributed by atoms with van der Waals surface area (Å²) in [6, 6.07) is 13.8. The number of non-ortho nitro benzene ring substituents is 1. The molecule has 0 amide bonds. The highest BCUT2D eigenvalue weighted by molar-refractivity contribution is 6.21. The van der Waals surface area contributed by atoms with Crippen molar-refractivity contribution in [2.75, 3.05) is 6.54 Å². The number of fused-ring (bicyclic) bond motifs is 1. The number of rotatable bonds is 6. The Balaban J connectivity index is 2.13. The van der Waals surface area contributed by atoms with E-state index in [-0.39, 0.29) is 11.6 Å². The summed E-state index contributed by atoms with van der Waals surface area (Å²) >= 11 is 0. The molecule has 0 saturated heterocycles. The van der Waals surface area contributed by atoms with Gasteiger partial charge < -0.3 is 10.1 Å². The molecule has 25 heavy (non-hydrogen) atoms.